The number of ether oxygens (including phenoxy) is 2. The molecule has 0 radical (unpaired) electrons. The first kappa shape index (κ1) is 20.1. The molecule has 6 heteroatoms. The molecule has 0 aliphatic rings. The van der Waals surface area contributed by atoms with Crippen LogP contribution in [0.25, 0.3) is 0 Å². The van der Waals surface area contributed by atoms with Crippen LogP contribution < -0.4 is 14.8 Å². The number of hydrogen-bond acceptors (Lipinski definition) is 4. The van der Waals surface area contributed by atoms with Gasteiger partial charge in [-0.1, -0.05) is 48.9 Å². The first-order valence-electron chi connectivity index (χ1n) is 8.55. The molecule has 140 valence electrons. The summed E-state index contributed by atoms with van der Waals surface area (Å²) < 4.78 is 10.5. The number of carbonyl (C=O) groups is 1. The van der Waals surface area contributed by atoms with Crippen LogP contribution in [0.3, 0.4) is 0 Å². The molecule has 2 rings (SSSR count). The average molecular weight is 377 g/mol. The Balaban J connectivity index is 1.98. The fourth-order valence-corrected chi connectivity index (χ4v) is 2.86. The van der Waals surface area contributed by atoms with Crippen molar-refractivity contribution in [1.82, 2.24) is 4.90 Å². The van der Waals surface area contributed by atoms with E-state index in [1.807, 2.05) is 25.1 Å². The molecule has 0 bridgehead atoms. The van der Waals surface area contributed by atoms with Gasteiger partial charge < -0.3 is 14.8 Å². The normalized spacial score (nSPS) is 10.7. The molecule has 0 fully saturated rings. The third kappa shape index (κ3) is 5.64. The summed E-state index contributed by atoms with van der Waals surface area (Å²) in [5, 5.41) is 3.31. The van der Waals surface area contributed by atoms with Crippen molar-refractivity contribution in [1.29, 1.82) is 0 Å². The number of nitrogens with zero attached hydrogens (tertiary/aromatic N) is 1. The highest BCUT2D eigenvalue weighted by molar-refractivity contribution is 6.32. The van der Waals surface area contributed by atoms with Gasteiger partial charge in [-0.15, -0.1) is 0 Å². The molecule has 0 heterocycles. The Morgan fingerprint density at radius 1 is 1.12 bits per heavy atom. The number of amides is 1. The van der Waals surface area contributed by atoms with Crippen LogP contribution in [-0.2, 0) is 11.2 Å². The molecule has 0 aromatic heterocycles. The zero-order valence-electron chi connectivity index (χ0n) is 15.4. The largest absolute Gasteiger partial charge is 0.495 e. The van der Waals surface area contributed by atoms with Gasteiger partial charge in [0.25, 0.3) is 0 Å². The Kier molecular flexibility index (Phi) is 7.75. The molecule has 0 aliphatic carbocycles. The van der Waals surface area contributed by atoms with E-state index in [1.165, 1.54) is 19.8 Å². The van der Waals surface area contributed by atoms with E-state index in [1.54, 1.807) is 12.1 Å². The van der Waals surface area contributed by atoms with E-state index in [-0.39, 0.29) is 5.91 Å². The summed E-state index contributed by atoms with van der Waals surface area (Å²) in [6, 6.07) is 13.5. The molecule has 0 unspecified atom stereocenters. The van der Waals surface area contributed by atoms with E-state index < -0.39 is 0 Å². The number of methoxy groups -OCH3 is 2. The van der Waals surface area contributed by atoms with Gasteiger partial charge in [-0.25, -0.2) is 0 Å². The van der Waals surface area contributed by atoms with Crippen molar-refractivity contribution in [3.63, 3.8) is 0 Å². The maximum absolute atomic E-state index is 12.5. The number of nitrogens with one attached hydrogen (secondary N) is 1. The van der Waals surface area contributed by atoms with Crippen molar-refractivity contribution in [2.75, 3.05) is 39.2 Å². The SMILES string of the molecule is CCN(CCc1ccccc1)CC(=O)Nc1cc(OC)c(Cl)cc1OC. The zero-order chi connectivity index (χ0) is 18.9. The van der Waals surface area contributed by atoms with Gasteiger partial charge in [0.1, 0.15) is 11.5 Å². The number of benzene rings is 2. The maximum Gasteiger partial charge on any atom is 0.238 e. The van der Waals surface area contributed by atoms with Gasteiger partial charge in [-0.05, 0) is 18.5 Å². The monoisotopic (exact) mass is 376 g/mol. The first-order chi connectivity index (χ1) is 12.6. The molecule has 1 N–H and O–H groups in total. The topological polar surface area (TPSA) is 50.8 Å². The molecule has 26 heavy (non-hydrogen) atoms. The average Bonchev–Trinajstić information content (AvgIpc) is 2.66. The fourth-order valence-electron chi connectivity index (χ4n) is 2.63. The summed E-state index contributed by atoms with van der Waals surface area (Å²) >= 11 is 6.10. The van der Waals surface area contributed by atoms with Crippen molar-refractivity contribution in [3.05, 3.63) is 53.1 Å². The standard InChI is InChI=1S/C20H25ClN2O3/c1-4-23(11-10-15-8-6-5-7-9-15)14-20(24)22-17-13-18(25-2)16(21)12-19(17)26-3/h5-9,12-13H,4,10-11,14H2,1-3H3,(H,22,24). The number of carbonyl (C=O) groups excluding carboxylic acids is 1. The highest BCUT2D eigenvalue weighted by Gasteiger charge is 2.14. The smallest absolute Gasteiger partial charge is 0.238 e. The van der Waals surface area contributed by atoms with E-state index in [2.05, 4.69) is 22.3 Å². The summed E-state index contributed by atoms with van der Waals surface area (Å²) in [5.74, 6) is 0.873. The predicted octanol–water partition coefficient (Wildman–Crippen LogP) is 3.86. The summed E-state index contributed by atoms with van der Waals surface area (Å²) in [6.07, 6.45) is 0.903. The lowest BCUT2D eigenvalue weighted by Crippen LogP contribution is -2.34. The lowest BCUT2D eigenvalue weighted by Gasteiger charge is -2.20. The third-order valence-electron chi connectivity index (χ3n) is 4.12. The summed E-state index contributed by atoms with van der Waals surface area (Å²) in [7, 11) is 3.06. The van der Waals surface area contributed by atoms with E-state index in [0.29, 0.717) is 28.8 Å². The fraction of sp³-hybridized carbons (Fsp3) is 0.350. The second-order valence-corrected chi connectivity index (χ2v) is 6.25. The molecule has 0 atom stereocenters. The van der Waals surface area contributed by atoms with Gasteiger partial charge in [-0.2, -0.15) is 0 Å². The Morgan fingerprint density at radius 2 is 1.81 bits per heavy atom. The van der Waals surface area contributed by atoms with Crippen LogP contribution in [-0.4, -0.2) is 44.7 Å². The van der Waals surface area contributed by atoms with Crippen LogP contribution in [0.5, 0.6) is 11.5 Å². The molecular formula is C20H25ClN2O3. The van der Waals surface area contributed by atoms with Gasteiger partial charge in [0, 0.05) is 18.7 Å². The van der Waals surface area contributed by atoms with Crippen molar-refractivity contribution in [3.8, 4) is 11.5 Å². The molecule has 0 saturated heterocycles. The lowest BCUT2D eigenvalue weighted by molar-refractivity contribution is -0.117. The van der Waals surface area contributed by atoms with Crippen LogP contribution in [0.4, 0.5) is 5.69 Å². The highest BCUT2D eigenvalue weighted by atomic mass is 35.5. The van der Waals surface area contributed by atoms with Gasteiger partial charge in [0.2, 0.25) is 5.91 Å². The van der Waals surface area contributed by atoms with Crippen LogP contribution >= 0.6 is 11.6 Å². The van der Waals surface area contributed by atoms with Crippen molar-refractivity contribution in [2.45, 2.75) is 13.3 Å². The predicted molar refractivity (Wildman–Crippen MR) is 105 cm³/mol. The minimum absolute atomic E-state index is 0.109. The van der Waals surface area contributed by atoms with Gasteiger partial charge in [-0.3, -0.25) is 9.69 Å². The Morgan fingerprint density at radius 3 is 2.42 bits per heavy atom. The lowest BCUT2D eigenvalue weighted by atomic mass is 10.1. The van der Waals surface area contributed by atoms with Crippen LogP contribution in [0.2, 0.25) is 5.02 Å². The third-order valence-corrected chi connectivity index (χ3v) is 4.42. The zero-order valence-corrected chi connectivity index (χ0v) is 16.2. The molecule has 2 aromatic carbocycles. The molecule has 1 amide bonds. The highest BCUT2D eigenvalue weighted by Crippen LogP contribution is 2.35. The van der Waals surface area contributed by atoms with Gasteiger partial charge in [0.15, 0.2) is 0 Å². The Hall–Kier alpha value is -2.24. The van der Waals surface area contributed by atoms with Gasteiger partial charge >= 0.3 is 0 Å². The molecular weight excluding hydrogens is 352 g/mol. The maximum atomic E-state index is 12.5. The van der Waals surface area contributed by atoms with Crippen molar-refractivity contribution >= 4 is 23.2 Å². The number of anilines is 1. The van der Waals surface area contributed by atoms with E-state index in [9.17, 15) is 4.79 Å². The summed E-state index contributed by atoms with van der Waals surface area (Å²) in [4.78, 5) is 14.6. The quantitative estimate of drug-likeness (QED) is 0.722. The van der Waals surface area contributed by atoms with E-state index >= 15 is 0 Å². The van der Waals surface area contributed by atoms with Crippen LogP contribution in [0, 0.1) is 0 Å². The van der Waals surface area contributed by atoms with Crippen LogP contribution in [0.15, 0.2) is 42.5 Å². The molecule has 5 nitrogen and oxygen atoms in total. The first-order valence-corrected chi connectivity index (χ1v) is 8.92. The van der Waals surface area contributed by atoms with Crippen molar-refractivity contribution in [2.24, 2.45) is 0 Å². The van der Waals surface area contributed by atoms with Crippen LogP contribution in [0.1, 0.15) is 12.5 Å². The Labute approximate surface area is 159 Å². The van der Waals surface area contributed by atoms with E-state index in [4.69, 9.17) is 21.1 Å². The van der Waals surface area contributed by atoms with Crippen molar-refractivity contribution < 1.29 is 14.3 Å². The number of hydrogen-bond donors (Lipinski definition) is 1. The summed E-state index contributed by atoms with van der Waals surface area (Å²) in [5.41, 5.74) is 1.80. The number of halogens is 1. The second-order valence-electron chi connectivity index (χ2n) is 5.84. The van der Waals surface area contributed by atoms with E-state index in [0.717, 1.165) is 19.5 Å². The second kappa shape index (κ2) is 10.0. The molecule has 0 spiro atoms. The minimum atomic E-state index is -0.109. The molecule has 0 saturated carbocycles. The summed E-state index contributed by atoms with van der Waals surface area (Å²) in [6.45, 7) is 3.96. The Bertz CT molecular complexity index is 722. The molecule has 2 aromatic rings. The molecule has 0 aliphatic heterocycles. The number of rotatable bonds is 9. The number of likely N-dealkylation sites (N-methyl/N-ethyl adjacent to an activating group) is 1. The minimum Gasteiger partial charge on any atom is -0.495 e. The van der Waals surface area contributed by atoms with Gasteiger partial charge in [0.05, 0.1) is 31.5 Å².